The number of barbiturate groups is 1. The summed E-state index contributed by atoms with van der Waals surface area (Å²) < 4.78 is 0. The van der Waals surface area contributed by atoms with E-state index in [0.29, 0.717) is 5.70 Å². The fourth-order valence-electron chi connectivity index (χ4n) is 2.17. The van der Waals surface area contributed by atoms with E-state index in [-0.39, 0.29) is 6.54 Å². The van der Waals surface area contributed by atoms with Crippen LogP contribution >= 0.6 is 0 Å². The fourth-order valence-corrected chi connectivity index (χ4v) is 2.17. The largest absolute Gasteiger partial charge is 0.331 e. The van der Waals surface area contributed by atoms with Crippen LogP contribution in [0.2, 0.25) is 0 Å². The Morgan fingerprint density at radius 2 is 2.00 bits per heavy atom. The summed E-state index contributed by atoms with van der Waals surface area (Å²) >= 11 is 0. The summed E-state index contributed by atoms with van der Waals surface area (Å²) in [6.45, 7) is 5.24. The lowest BCUT2D eigenvalue weighted by Gasteiger charge is -2.31. The van der Waals surface area contributed by atoms with Crippen molar-refractivity contribution in [2.24, 2.45) is 5.92 Å². The number of carbonyl (C=O) groups excluding carboxylic acids is 3. The minimum atomic E-state index is -1.12. The Bertz CT molecular complexity index is 655. The quantitative estimate of drug-likeness (QED) is 0.419. The van der Waals surface area contributed by atoms with Gasteiger partial charge in [-0.15, -0.1) is 6.58 Å². The van der Waals surface area contributed by atoms with E-state index in [1.54, 1.807) is 13.0 Å². The third kappa shape index (κ3) is 3.57. The van der Waals surface area contributed by atoms with E-state index in [1.165, 1.54) is 6.08 Å². The van der Waals surface area contributed by atoms with Crippen LogP contribution in [0.5, 0.6) is 0 Å². The molecular formula is C16H18N4O3. The maximum atomic E-state index is 12.4. The monoisotopic (exact) mass is 314 g/mol. The molecule has 2 rings (SSSR count). The molecule has 0 bridgehead atoms. The molecule has 1 atom stereocenters. The molecule has 1 aliphatic heterocycles. The van der Waals surface area contributed by atoms with Gasteiger partial charge in [-0.3, -0.25) is 19.8 Å². The Kier molecular flexibility index (Phi) is 5.14. The molecular weight excluding hydrogens is 296 g/mol. The number of para-hydroxylation sites is 1. The number of benzene rings is 1. The van der Waals surface area contributed by atoms with E-state index in [9.17, 15) is 14.4 Å². The van der Waals surface area contributed by atoms with Crippen molar-refractivity contribution in [1.82, 2.24) is 15.6 Å². The number of amides is 4. The van der Waals surface area contributed by atoms with Crippen LogP contribution in [-0.2, 0) is 9.59 Å². The van der Waals surface area contributed by atoms with Gasteiger partial charge in [0.1, 0.15) is 0 Å². The second-order valence-electron chi connectivity index (χ2n) is 4.82. The molecule has 0 spiro atoms. The minimum absolute atomic E-state index is 0.0392. The summed E-state index contributed by atoms with van der Waals surface area (Å²) in [7, 11) is 0. The number of anilines is 1. The first-order valence-electron chi connectivity index (χ1n) is 7.09. The number of hydrogen-bond donors (Lipinski definition) is 3. The molecule has 0 aliphatic carbocycles. The Hall–Kier alpha value is -3.09. The Balaban J connectivity index is 2.15. The summed E-state index contributed by atoms with van der Waals surface area (Å²) in [5.74, 6) is -2.36. The van der Waals surface area contributed by atoms with E-state index in [0.717, 1.165) is 10.6 Å². The highest BCUT2D eigenvalue weighted by molar-refractivity contribution is 6.17. The van der Waals surface area contributed by atoms with Gasteiger partial charge < -0.3 is 10.9 Å². The molecule has 3 N–H and O–H groups in total. The predicted molar refractivity (Wildman–Crippen MR) is 85.9 cm³/mol. The van der Waals surface area contributed by atoms with Crippen molar-refractivity contribution in [2.75, 3.05) is 12.0 Å². The van der Waals surface area contributed by atoms with E-state index in [2.05, 4.69) is 22.7 Å². The topological polar surface area (TPSA) is 90.5 Å². The highest BCUT2D eigenvalue weighted by atomic mass is 16.2. The van der Waals surface area contributed by atoms with Crippen molar-refractivity contribution in [1.29, 1.82) is 0 Å². The van der Waals surface area contributed by atoms with Crippen LogP contribution in [0.4, 0.5) is 10.5 Å². The molecule has 0 unspecified atom stereocenters. The van der Waals surface area contributed by atoms with Crippen LogP contribution in [0.1, 0.15) is 6.92 Å². The molecule has 1 heterocycles. The molecule has 1 fully saturated rings. The molecule has 0 saturated carbocycles. The highest BCUT2D eigenvalue weighted by Crippen LogP contribution is 2.18. The molecule has 1 aliphatic rings. The molecule has 0 aromatic heterocycles. The first-order valence-corrected chi connectivity index (χ1v) is 7.09. The normalized spacial score (nSPS) is 18.5. The number of hydrogen-bond acceptors (Lipinski definition) is 5. The summed E-state index contributed by atoms with van der Waals surface area (Å²) in [6.07, 6.45) is 3.04. The first kappa shape index (κ1) is 16.3. The van der Waals surface area contributed by atoms with Crippen molar-refractivity contribution in [2.45, 2.75) is 6.92 Å². The number of nitrogens with one attached hydrogen (secondary N) is 3. The zero-order valence-electron chi connectivity index (χ0n) is 12.7. The van der Waals surface area contributed by atoms with Gasteiger partial charge in [0.25, 0.3) is 0 Å². The number of urea groups is 1. The van der Waals surface area contributed by atoms with Crippen molar-refractivity contribution in [3.63, 3.8) is 0 Å². The number of nitrogens with zero attached hydrogens (tertiary/aromatic N) is 1. The lowest BCUT2D eigenvalue weighted by atomic mass is 10.0. The third-order valence-corrected chi connectivity index (χ3v) is 3.31. The Morgan fingerprint density at radius 1 is 1.30 bits per heavy atom. The van der Waals surface area contributed by atoms with Crippen LogP contribution in [0, 0.1) is 5.92 Å². The van der Waals surface area contributed by atoms with E-state index in [1.807, 2.05) is 30.3 Å². The molecule has 0 radical (unpaired) electrons. The van der Waals surface area contributed by atoms with Gasteiger partial charge in [0.05, 0.1) is 5.69 Å². The average molecular weight is 314 g/mol. The maximum absolute atomic E-state index is 12.4. The molecule has 7 heteroatoms. The first-order chi connectivity index (χ1) is 11.1. The molecule has 23 heavy (non-hydrogen) atoms. The van der Waals surface area contributed by atoms with Crippen LogP contribution in [0.15, 0.2) is 54.8 Å². The Morgan fingerprint density at radius 3 is 2.61 bits per heavy atom. The van der Waals surface area contributed by atoms with Gasteiger partial charge in [-0.1, -0.05) is 30.4 Å². The molecule has 1 aromatic rings. The van der Waals surface area contributed by atoms with E-state index in [4.69, 9.17) is 0 Å². The summed E-state index contributed by atoms with van der Waals surface area (Å²) in [5, 5.41) is 2.18. The molecule has 120 valence electrons. The molecule has 4 amide bonds. The van der Waals surface area contributed by atoms with Crippen LogP contribution in [0.3, 0.4) is 0 Å². The summed E-state index contributed by atoms with van der Waals surface area (Å²) in [4.78, 5) is 37.2. The van der Waals surface area contributed by atoms with Crippen LogP contribution in [-0.4, -0.2) is 29.3 Å². The van der Waals surface area contributed by atoms with Crippen molar-refractivity contribution >= 4 is 23.5 Å². The Labute approximate surface area is 134 Å². The van der Waals surface area contributed by atoms with Gasteiger partial charge in [0.2, 0.25) is 11.8 Å². The number of imide groups is 2. The SMILES string of the molecule is C=CCN1C(=O)NC(=O)[C@H](/C(=C\C)NNc2ccccc2)C1=O. The standard InChI is InChI=1S/C16H18N4O3/c1-3-10-20-15(22)13(14(21)17-16(20)23)12(4-2)19-18-11-8-6-5-7-9-11/h3-9,13,18-19H,1,10H2,2H3,(H,17,21,23)/b12-4+/t13-/m0/s1. The summed E-state index contributed by atoms with van der Waals surface area (Å²) in [5.41, 5.74) is 6.91. The highest BCUT2D eigenvalue weighted by Gasteiger charge is 2.42. The van der Waals surface area contributed by atoms with Crippen molar-refractivity contribution < 1.29 is 14.4 Å². The van der Waals surface area contributed by atoms with Gasteiger partial charge in [-0.2, -0.15) is 0 Å². The zero-order valence-corrected chi connectivity index (χ0v) is 12.7. The second kappa shape index (κ2) is 7.26. The number of rotatable bonds is 6. The minimum Gasteiger partial charge on any atom is -0.304 e. The number of allylic oxidation sites excluding steroid dienone is 1. The number of carbonyl (C=O) groups is 3. The smallest absolute Gasteiger partial charge is 0.304 e. The van der Waals surface area contributed by atoms with Crippen molar-refractivity contribution in [3.8, 4) is 0 Å². The van der Waals surface area contributed by atoms with Crippen molar-refractivity contribution in [3.05, 3.63) is 54.8 Å². The molecule has 7 nitrogen and oxygen atoms in total. The van der Waals surface area contributed by atoms with E-state index >= 15 is 0 Å². The van der Waals surface area contributed by atoms with Gasteiger partial charge >= 0.3 is 6.03 Å². The van der Waals surface area contributed by atoms with Crippen LogP contribution in [0.25, 0.3) is 0 Å². The second-order valence-corrected chi connectivity index (χ2v) is 4.82. The van der Waals surface area contributed by atoms with Gasteiger partial charge in [-0.05, 0) is 19.1 Å². The lowest BCUT2D eigenvalue weighted by molar-refractivity contribution is -0.140. The predicted octanol–water partition coefficient (Wildman–Crippen LogP) is 1.39. The van der Waals surface area contributed by atoms with Gasteiger partial charge in [-0.25, -0.2) is 4.79 Å². The summed E-state index contributed by atoms with van der Waals surface area (Å²) in [6, 6.07) is 8.50. The number of hydrazine groups is 1. The molecule has 1 saturated heterocycles. The van der Waals surface area contributed by atoms with E-state index < -0.39 is 23.8 Å². The third-order valence-electron chi connectivity index (χ3n) is 3.31. The average Bonchev–Trinajstić information content (AvgIpc) is 2.55. The lowest BCUT2D eigenvalue weighted by Crippen LogP contribution is -2.59. The van der Waals surface area contributed by atoms with Gasteiger partial charge in [0.15, 0.2) is 5.92 Å². The van der Waals surface area contributed by atoms with Gasteiger partial charge in [0, 0.05) is 12.2 Å². The zero-order chi connectivity index (χ0) is 16.8. The fraction of sp³-hybridized carbons (Fsp3) is 0.188. The van der Waals surface area contributed by atoms with Crippen LogP contribution < -0.4 is 16.2 Å². The maximum Gasteiger partial charge on any atom is 0.331 e. The molecule has 1 aromatic carbocycles.